The second-order valence-corrected chi connectivity index (χ2v) is 6.28. The van der Waals surface area contributed by atoms with E-state index >= 15 is 0 Å². The number of anilines is 1. The molecule has 0 unspecified atom stereocenters. The molecule has 0 spiro atoms. The van der Waals surface area contributed by atoms with Crippen molar-refractivity contribution in [2.24, 2.45) is 5.16 Å². The SMILES string of the molecule is CO/N=C(/C(=S)Oc1nc2ccccc2s1)c1csc(N)n1. The quantitative estimate of drug-likeness (QED) is 0.442. The van der Waals surface area contributed by atoms with Crippen molar-refractivity contribution in [3.05, 3.63) is 35.3 Å². The summed E-state index contributed by atoms with van der Waals surface area (Å²) < 4.78 is 6.65. The summed E-state index contributed by atoms with van der Waals surface area (Å²) in [5.41, 5.74) is 7.31. The van der Waals surface area contributed by atoms with Crippen LogP contribution in [0.5, 0.6) is 5.19 Å². The Kier molecular flexibility index (Phi) is 4.27. The summed E-state index contributed by atoms with van der Waals surface area (Å²) in [7, 11) is 1.43. The van der Waals surface area contributed by atoms with Crippen molar-refractivity contribution in [2.75, 3.05) is 12.8 Å². The minimum absolute atomic E-state index is 0.131. The lowest BCUT2D eigenvalue weighted by molar-refractivity contribution is 0.214. The first-order chi connectivity index (χ1) is 10.7. The van der Waals surface area contributed by atoms with Gasteiger partial charge < -0.3 is 15.3 Å². The van der Waals surface area contributed by atoms with Crippen LogP contribution in [0, 0.1) is 0 Å². The number of aromatic nitrogens is 2. The number of thiocarbonyl (C=S) groups is 1. The molecule has 1 aromatic carbocycles. The van der Waals surface area contributed by atoms with Crippen LogP contribution in [0.1, 0.15) is 5.69 Å². The minimum atomic E-state index is 0.131. The minimum Gasteiger partial charge on any atom is -0.416 e. The Morgan fingerprint density at radius 2 is 2.14 bits per heavy atom. The van der Waals surface area contributed by atoms with E-state index in [1.54, 1.807) is 5.38 Å². The number of hydrogen-bond donors (Lipinski definition) is 1. The predicted molar refractivity (Wildman–Crippen MR) is 92.9 cm³/mol. The van der Waals surface area contributed by atoms with Crippen LogP contribution in [0.25, 0.3) is 10.2 Å². The van der Waals surface area contributed by atoms with Crippen LogP contribution in [0.4, 0.5) is 5.13 Å². The van der Waals surface area contributed by atoms with E-state index in [1.807, 2.05) is 24.3 Å². The molecule has 0 saturated carbocycles. The van der Waals surface area contributed by atoms with E-state index in [0.717, 1.165) is 10.2 Å². The first-order valence-corrected chi connectivity index (χ1v) is 8.18. The second-order valence-electron chi connectivity index (χ2n) is 4.03. The van der Waals surface area contributed by atoms with Crippen LogP contribution >= 0.6 is 34.9 Å². The third-order valence-electron chi connectivity index (χ3n) is 2.59. The summed E-state index contributed by atoms with van der Waals surface area (Å²) in [6.07, 6.45) is 0. The van der Waals surface area contributed by atoms with E-state index in [4.69, 9.17) is 27.5 Å². The van der Waals surface area contributed by atoms with Crippen LogP contribution < -0.4 is 10.5 Å². The van der Waals surface area contributed by atoms with Gasteiger partial charge in [-0.05, 0) is 24.4 Å². The van der Waals surface area contributed by atoms with Crippen LogP contribution in [0.2, 0.25) is 0 Å². The van der Waals surface area contributed by atoms with Gasteiger partial charge in [0.25, 0.3) is 5.19 Å². The van der Waals surface area contributed by atoms with Crippen LogP contribution in [-0.4, -0.2) is 27.8 Å². The Balaban J connectivity index is 1.86. The average molecular weight is 350 g/mol. The maximum absolute atomic E-state index is 5.63. The molecule has 3 rings (SSSR count). The van der Waals surface area contributed by atoms with Gasteiger partial charge in [0.05, 0.1) is 10.2 Å². The largest absolute Gasteiger partial charge is 0.416 e. The third kappa shape index (κ3) is 3.06. The van der Waals surface area contributed by atoms with Crippen molar-refractivity contribution in [1.82, 2.24) is 9.97 Å². The molecule has 22 heavy (non-hydrogen) atoms. The number of nitrogen functional groups attached to an aromatic ring is 1. The topological polar surface area (TPSA) is 82.6 Å². The highest BCUT2D eigenvalue weighted by Gasteiger charge is 2.18. The molecule has 0 aliphatic heterocycles. The predicted octanol–water partition coefficient (Wildman–Crippen LogP) is 3.09. The third-order valence-corrected chi connectivity index (χ3v) is 4.46. The Hall–Kier alpha value is -2.10. The Morgan fingerprint density at radius 3 is 2.82 bits per heavy atom. The smallest absolute Gasteiger partial charge is 0.280 e. The molecule has 112 valence electrons. The molecule has 2 N–H and O–H groups in total. The molecule has 6 nitrogen and oxygen atoms in total. The van der Waals surface area contributed by atoms with Crippen molar-refractivity contribution in [3.8, 4) is 5.19 Å². The zero-order valence-corrected chi connectivity index (χ0v) is 13.8. The number of benzene rings is 1. The van der Waals surface area contributed by atoms with E-state index in [1.165, 1.54) is 29.8 Å². The lowest BCUT2D eigenvalue weighted by Crippen LogP contribution is -2.20. The van der Waals surface area contributed by atoms with E-state index in [9.17, 15) is 0 Å². The number of fused-ring (bicyclic) bond motifs is 1. The number of thiazole rings is 2. The van der Waals surface area contributed by atoms with Crippen LogP contribution in [-0.2, 0) is 4.84 Å². The summed E-state index contributed by atoms with van der Waals surface area (Å²) in [5.74, 6) is 0. The molecule has 2 aromatic heterocycles. The van der Waals surface area contributed by atoms with Crippen molar-refractivity contribution in [2.45, 2.75) is 0 Å². The van der Waals surface area contributed by atoms with Crippen molar-refractivity contribution in [1.29, 1.82) is 0 Å². The molecular weight excluding hydrogens is 340 g/mol. The number of ether oxygens (including phenoxy) is 1. The number of nitrogens with two attached hydrogens (primary N) is 1. The van der Waals surface area contributed by atoms with Crippen LogP contribution in [0.3, 0.4) is 0 Å². The summed E-state index contributed by atoms with van der Waals surface area (Å²) >= 11 is 7.97. The lowest BCUT2D eigenvalue weighted by Gasteiger charge is -2.04. The van der Waals surface area contributed by atoms with E-state index in [0.29, 0.717) is 21.7 Å². The van der Waals surface area contributed by atoms with Gasteiger partial charge in [-0.1, -0.05) is 28.6 Å². The number of para-hydroxylation sites is 1. The van der Waals surface area contributed by atoms with Gasteiger partial charge in [0.15, 0.2) is 10.8 Å². The van der Waals surface area contributed by atoms with Gasteiger partial charge in [-0.15, -0.1) is 11.3 Å². The fourth-order valence-electron chi connectivity index (χ4n) is 1.70. The molecule has 3 aromatic rings. The van der Waals surface area contributed by atoms with Gasteiger partial charge in [-0.2, -0.15) is 0 Å². The summed E-state index contributed by atoms with van der Waals surface area (Å²) in [6.45, 7) is 0. The second kappa shape index (κ2) is 6.34. The van der Waals surface area contributed by atoms with Gasteiger partial charge in [-0.25, -0.2) is 9.97 Å². The molecule has 0 aliphatic rings. The van der Waals surface area contributed by atoms with Crippen LogP contribution in [0.15, 0.2) is 34.8 Å². The highest BCUT2D eigenvalue weighted by molar-refractivity contribution is 7.81. The molecule has 0 aliphatic carbocycles. The molecule has 9 heteroatoms. The molecule has 0 amide bonds. The number of hydrogen-bond acceptors (Lipinski definition) is 9. The molecule has 0 bridgehead atoms. The average Bonchev–Trinajstić information content (AvgIpc) is 3.10. The molecule has 0 atom stereocenters. The van der Waals surface area contributed by atoms with Crippen molar-refractivity contribution in [3.63, 3.8) is 0 Å². The van der Waals surface area contributed by atoms with Crippen molar-refractivity contribution < 1.29 is 9.57 Å². The highest BCUT2D eigenvalue weighted by atomic mass is 32.1. The summed E-state index contributed by atoms with van der Waals surface area (Å²) in [5, 5.41) is 6.60. The van der Waals surface area contributed by atoms with Crippen molar-refractivity contribution >= 4 is 61.0 Å². The summed E-state index contributed by atoms with van der Waals surface area (Å²) in [4.78, 5) is 13.3. The summed E-state index contributed by atoms with van der Waals surface area (Å²) in [6, 6.07) is 7.74. The van der Waals surface area contributed by atoms with Gasteiger partial charge in [-0.3, -0.25) is 0 Å². The lowest BCUT2D eigenvalue weighted by atomic mass is 10.3. The first-order valence-electron chi connectivity index (χ1n) is 6.07. The highest BCUT2D eigenvalue weighted by Crippen LogP contribution is 2.28. The zero-order chi connectivity index (χ0) is 15.5. The Morgan fingerprint density at radius 1 is 1.32 bits per heavy atom. The number of nitrogens with zero attached hydrogens (tertiary/aromatic N) is 3. The number of rotatable bonds is 4. The monoisotopic (exact) mass is 350 g/mol. The Labute approximate surface area is 139 Å². The molecule has 0 fully saturated rings. The molecule has 0 radical (unpaired) electrons. The van der Waals surface area contributed by atoms with E-state index < -0.39 is 0 Å². The molecule has 0 saturated heterocycles. The fraction of sp³-hybridized carbons (Fsp3) is 0.0769. The maximum Gasteiger partial charge on any atom is 0.280 e. The number of oxime groups is 1. The van der Waals surface area contributed by atoms with E-state index in [-0.39, 0.29) is 5.05 Å². The maximum atomic E-state index is 5.63. The van der Waals surface area contributed by atoms with Gasteiger partial charge in [0.2, 0.25) is 5.05 Å². The van der Waals surface area contributed by atoms with E-state index in [2.05, 4.69) is 15.1 Å². The van der Waals surface area contributed by atoms with Gasteiger partial charge in [0, 0.05) is 5.38 Å². The standard InChI is InChI=1S/C13H10N4O2S3/c1-18-17-10(8-6-21-12(14)15-8)11(20)19-13-16-7-4-2-3-5-9(7)22-13/h2-6H,1H3,(H2,14,15)/b17-10+. The Bertz CT molecular complexity index is 823. The molecular formula is C13H10N4O2S3. The van der Waals surface area contributed by atoms with Gasteiger partial charge >= 0.3 is 0 Å². The molecule has 2 heterocycles. The fourth-order valence-corrected chi connectivity index (χ4v) is 3.34. The zero-order valence-electron chi connectivity index (χ0n) is 11.3. The normalized spacial score (nSPS) is 11.6. The first kappa shape index (κ1) is 14.8. The van der Waals surface area contributed by atoms with Gasteiger partial charge in [0.1, 0.15) is 12.8 Å².